The van der Waals surface area contributed by atoms with Crippen molar-refractivity contribution in [3.8, 4) is 5.75 Å². The van der Waals surface area contributed by atoms with Crippen LogP contribution in [0, 0.1) is 0 Å². The summed E-state index contributed by atoms with van der Waals surface area (Å²) in [5.74, 6) is -0.361. The minimum absolute atomic E-state index is 0.00599. The number of benzene rings is 1. The van der Waals surface area contributed by atoms with Gasteiger partial charge in [0.1, 0.15) is 5.75 Å². The maximum absolute atomic E-state index is 11.7. The number of hydrogen-bond donors (Lipinski definition) is 1. The molecule has 2 fully saturated rings. The summed E-state index contributed by atoms with van der Waals surface area (Å²) in [5.41, 5.74) is 0.944. The van der Waals surface area contributed by atoms with Crippen molar-refractivity contribution in [3.63, 3.8) is 0 Å². The molecular formula is C24H32N2O10. The number of carbonyl (C=O) groups excluding carboxylic acids is 4. The zero-order valence-corrected chi connectivity index (χ0v) is 20.3. The quantitative estimate of drug-likeness (QED) is 0.240. The molecule has 0 aromatic heterocycles. The first kappa shape index (κ1) is 27.2. The fraction of sp³-hybridized carbons (Fsp3) is 0.583. The minimum Gasteiger partial charge on any atom is -0.494 e. The molecule has 3 amide bonds. The Morgan fingerprint density at radius 1 is 1.03 bits per heavy atom. The molecule has 12 heteroatoms. The Balaban J connectivity index is 1.16. The van der Waals surface area contributed by atoms with Crippen LogP contribution in [0.3, 0.4) is 0 Å². The summed E-state index contributed by atoms with van der Waals surface area (Å²) in [5, 5.41) is 2.95. The van der Waals surface area contributed by atoms with Crippen LogP contribution in [0.2, 0.25) is 0 Å². The second kappa shape index (κ2) is 14.2. The highest BCUT2D eigenvalue weighted by Gasteiger charge is 2.33. The van der Waals surface area contributed by atoms with Gasteiger partial charge in [-0.1, -0.05) is 17.2 Å². The summed E-state index contributed by atoms with van der Waals surface area (Å²) in [6, 6.07) is 7.65. The highest BCUT2D eigenvalue weighted by Crippen LogP contribution is 2.30. The van der Waals surface area contributed by atoms with Gasteiger partial charge in [0, 0.05) is 24.9 Å². The van der Waals surface area contributed by atoms with Gasteiger partial charge in [0.05, 0.1) is 32.5 Å². The second-order valence-electron chi connectivity index (χ2n) is 8.11. The van der Waals surface area contributed by atoms with Crippen molar-refractivity contribution in [2.45, 2.75) is 57.8 Å². The number of carbonyl (C=O) groups is 4. The van der Waals surface area contributed by atoms with E-state index in [-0.39, 0.29) is 45.0 Å². The number of hydroxylamine groups is 2. The molecule has 36 heavy (non-hydrogen) atoms. The maximum Gasteiger partial charge on any atom is 0.533 e. The van der Waals surface area contributed by atoms with E-state index >= 15 is 0 Å². The molecule has 0 bridgehead atoms. The summed E-state index contributed by atoms with van der Waals surface area (Å²) in [6.45, 7) is 3.49. The highest BCUT2D eigenvalue weighted by molar-refractivity contribution is 6.01. The smallest absolute Gasteiger partial charge is 0.494 e. The Labute approximate surface area is 209 Å². The van der Waals surface area contributed by atoms with E-state index in [9.17, 15) is 19.2 Å². The van der Waals surface area contributed by atoms with Crippen LogP contribution in [0.25, 0.3) is 0 Å². The number of unbranched alkanes of at least 4 members (excludes halogenated alkanes) is 1. The standard InChI is InChI=1S/C24H32N2O10/c1-2-31-18-9-7-17(8-10-18)22-34-16-19(35-22)6-3-4-14-32-23(29)25-13-5-15-33-24(30)36-26-20(27)11-12-21(26)28/h7-10,19,22H,2-6,11-16H2,1H3,(H,25,29). The molecule has 0 radical (unpaired) electrons. The zero-order chi connectivity index (χ0) is 25.8. The SMILES string of the molecule is CCOc1ccc(C2OCC(CCCCOC(=O)NCCCOC(=O)ON3C(=O)CCC3=O)O2)cc1. The van der Waals surface area contributed by atoms with Gasteiger partial charge >= 0.3 is 12.2 Å². The van der Waals surface area contributed by atoms with E-state index in [0.717, 1.165) is 24.2 Å². The average Bonchev–Trinajstić information content (AvgIpc) is 3.46. The maximum atomic E-state index is 11.7. The van der Waals surface area contributed by atoms with Gasteiger partial charge < -0.3 is 29.0 Å². The third-order valence-electron chi connectivity index (χ3n) is 5.35. The van der Waals surface area contributed by atoms with Crippen LogP contribution < -0.4 is 10.1 Å². The number of hydrogen-bond acceptors (Lipinski definition) is 10. The molecule has 2 aliphatic heterocycles. The van der Waals surface area contributed by atoms with Crippen molar-refractivity contribution < 1.29 is 47.7 Å². The van der Waals surface area contributed by atoms with Crippen LogP contribution in [0.15, 0.2) is 24.3 Å². The molecule has 2 unspecified atom stereocenters. The number of nitrogens with one attached hydrogen (secondary N) is 1. The molecule has 1 aromatic rings. The van der Waals surface area contributed by atoms with Crippen molar-refractivity contribution in [2.75, 3.05) is 33.0 Å². The zero-order valence-electron chi connectivity index (χ0n) is 20.3. The van der Waals surface area contributed by atoms with Crippen LogP contribution in [0.5, 0.6) is 5.75 Å². The first-order valence-electron chi connectivity index (χ1n) is 12.1. The summed E-state index contributed by atoms with van der Waals surface area (Å²) in [4.78, 5) is 50.5. The van der Waals surface area contributed by atoms with Crippen LogP contribution in [0.4, 0.5) is 9.59 Å². The first-order chi connectivity index (χ1) is 17.5. The van der Waals surface area contributed by atoms with E-state index in [0.29, 0.717) is 31.1 Å². The van der Waals surface area contributed by atoms with Crippen molar-refractivity contribution in [1.29, 1.82) is 0 Å². The van der Waals surface area contributed by atoms with Gasteiger partial charge in [-0.2, -0.15) is 0 Å². The van der Waals surface area contributed by atoms with Crippen molar-refractivity contribution >= 4 is 24.1 Å². The monoisotopic (exact) mass is 508 g/mol. The topological polar surface area (TPSA) is 139 Å². The Hall–Kier alpha value is -3.38. The van der Waals surface area contributed by atoms with E-state index in [1.54, 1.807) is 0 Å². The predicted molar refractivity (Wildman–Crippen MR) is 123 cm³/mol. The van der Waals surface area contributed by atoms with E-state index in [1.807, 2.05) is 31.2 Å². The lowest BCUT2D eigenvalue weighted by molar-refractivity contribution is -0.177. The van der Waals surface area contributed by atoms with E-state index < -0.39 is 24.1 Å². The van der Waals surface area contributed by atoms with Gasteiger partial charge in [-0.25, -0.2) is 9.59 Å². The molecule has 2 heterocycles. The molecule has 12 nitrogen and oxygen atoms in total. The van der Waals surface area contributed by atoms with E-state index in [1.165, 1.54) is 0 Å². The Kier molecular flexibility index (Phi) is 10.8. The number of amides is 3. The molecule has 1 aromatic carbocycles. The lowest BCUT2D eigenvalue weighted by atomic mass is 10.1. The predicted octanol–water partition coefficient (Wildman–Crippen LogP) is 3.00. The van der Waals surface area contributed by atoms with Crippen LogP contribution in [-0.4, -0.2) is 68.2 Å². The molecule has 0 spiro atoms. The van der Waals surface area contributed by atoms with Gasteiger partial charge in [0.25, 0.3) is 11.8 Å². The van der Waals surface area contributed by atoms with E-state index in [2.05, 4.69) is 10.2 Å². The summed E-state index contributed by atoms with van der Waals surface area (Å²) >= 11 is 0. The third kappa shape index (κ3) is 8.68. The molecule has 0 aliphatic carbocycles. The molecule has 2 atom stereocenters. The number of rotatable bonds is 13. The lowest BCUT2D eigenvalue weighted by Gasteiger charge is -2.13. The van der Waals surface area contributed by atoms with Crippen molar-refractivity contribution in [1.82, 2.24) is 10.4 Å². The summed E-state index contributed by atoms with van der Waals surface area (Å²) in [6.07, 6.45) is 0.497. The van der Waals surface area contributed by atoms with E-state index in [4.69, 9.17) is 23.7 Å². The Morgan fingerprint density at radius 2 is 1.75 bits per heavy atom. The number of nitrogens with zero attached hydrogens (tertiary/aromatic N) is 1. The molecule has 2 aliphatic rings. The van der Waals surface area contributed by atoms with Crippen molar-refractivity contribution in [3.05, 3.63) is 29.8 Å². The fourth-order valence-corrected chi connectivity index (χ4v) is 3.53. The number of ether oxygens (including phenoxy) is 5. The van der Waals surface area contributed by atoms with Crippen molar-refractivity contribution in [2.24, 2.45) is 0 Å². The molecule has 1 N–H and O–H groups in total. The van der Waals surface area contributed by atoms with Gasteiger partial charge in [0.15, 0.2) is 6.29 Å². The highest BCUT2D eigenvalue weighted by atomic mass is 16.8. The fourth-order valence-electron chi connectivity index (χ4n) is 3.53. The summed E-state index contributed by atoms with van der Waals surface area (Å²) < 4.78 is 27.0. The Bertz CT molecular complexity index is 875. The lowest BCUT2D eigenvalue weighted by Crippen LogP contribution is -2.32. The van der Waals surface area contributed by atoms with Crippen LogP contribution in [0.1, 0.15) is 57.3 Å². The van der Waals surface area contributed by atoms with Crippen LogP contribution >= 0.6 is 0 Å². The number of imide groups is 1. The normalized spacial score (nSPS) is 19.3. The minimum atomic E-state index is -1.15. The van der Waals surface area contributed by atoms with Gasteiger partial charge in [-0.05, 0) is 44.7 Å². The van der Waals surface area contributed by atoms with Gasteiger partial charge in [0.2, 0.25) is 0 Å². The second-order valence-corrected chi connectivity index (χ2v) is 8.11. The largest absolute Gasteiger partial charge is 0.533 e. The number of alkyl carbamates (subject to hydrolysis) is 1. The van der Waals surface area contributed by atoms with Crippen LogP contribution in [-0.2, 0) is 33.4 Å². The van der Waals surface area contributed by atoms with Gasteiger partial charge in [-0.3, -0.25) is 14.4 Å². The molecule has 3 rings (SSSR count). The van der Waals surface area contributed by atoms with Gasteiger partial charge in [-0.15, -0.1) is 0 Å². The Morgan fingerprint density at radius 3 is 2.47 bits per heavy atom. The molecule has 0 saturated carbocycles. The average molecular weight is 509 g/mol. The first-order valence-corrected chi connectivity index (χ1v) is 12.1. The third-order valence-corrected chi connectivity index (χ3v) is 5.35. The molecule has 2 saturated heterocycles. The molecule has 198 valence electrons. The molecular weight excluding hydrogens is 476 g/mol. The summed E-state index contributed by atoms with van der Waals surface area (Å²) in [7, 11) is 0.